The first-order valence-electron chi connectivity index (χ1n) is 14.9. The molecule has 0 aliphatic carbocycles. The summed E-state index contributed by atoms with van der Waals surface area (Å²) in [5.74, 6) is 0. The van der Waals surface area contributed by atoms with Crippen LogP contribution in [-0.4, -0.2) is 130 Å². The molecule has 4 unspecified atom stereocenters. The molecule has 1 radical (unpaired) electrons. The molecule has 0 spiro atoms. The molecule has 0 amide bonds. The average Bonchev–Trinajstić information content (AvgIpc) is 3.31. The molecule has 0 aromatic carbocycles. The molecule has 2 fully saturated rings. The second-order valence-electron chi connectivity index (χ2n) is 10.1. The van der Waals surface area contributed by atoms with Gasteiger partial charge in [0.15, 0.2) is 10.2 Å². The summed E-state index contributed by atoms with van der Waals surface area (Å²) in [5.41, 5.74) is 6.50. The molecular weight excluding hydrogens is 778 g/mol. The van der Waals surface area contributed by atoms with Crippen LogP contribution in [0.4, 0.5) is 0 Å². The molecular formula is C26H56AuN10S4-2. The molecule has 0 bridgehead atoms. The summed E-state index contributed by atoms with van der Waals surface area (Å²) < 4.78 is 0. The molecule has 2 aliphatic rings. The summed E-state index contributed by atoms with van der Waals surface area (Å²) in [6, 6.07) is 0. The van der Waals surface area contributed by atoms with Gasteiger partial charge in [-0.1, -0.05) is 0 Å². The van der Waals surface area contributed by atoms with E-state index in [9.17, 15) is 0 Å². The standard InChI is InChI=1S/2C13H29N5S2.Au/c2*1-5-17(6-2)12(19)14-9-7-8-10-18-11(3)16(4)15-13(18)20;/h2*11,13,15,20H,5-10H2,1-4H3,(H,14,19);/p-2. The summed E-state index contributed by atoms with van der Waals surface area (Å²) in [6.45, 7) is 20.6. The molecule has 0 aromatic rings. The topological polar surface area (TPSA) is 67.6 Å². The van der Waals surface area contributed by atoms with Crippen molar-refractivity contribution in [2.45, 2.75) is 90.6 Å². The number of hydrazine groups is 2. The molecule has 2 saturated heterocycles. The van der Waals surface area contributed by atoms with Crippen LogP contribution < -0.4 is 21.5 Å². The van der Waals surface area contributed by atoms with E-state index in [1.165, 1.54) is 0 Å². The average molecular weight is 834 g/mol. The van der Waals surface area contributed by atoms with Crippen molar-refractivity contribution in [3.05, 3.63) is 0 Å². The van der Waals surface area contributed by atoms with Gasteiger partial charge in [-0.05, 0) is 116 Å². The summed E-state index contributed by atoms with van der Waals surface area (Å²) >= 11 is 21.5. The van der Waals surface area contributed by atoms with Crippen molar-refractivity contribution in [1.29, 1.82) is 0 Å². The van der Waals surface area contributed by atoms with Gasteiger partial charge in [-0.25, -0.2) is 10.0 Å². The molecule has 15 heteroatoms. The molecule has 2 rings (SSSR count). The Balaban J connectivity index is 0.000000762. The number of nitrogens with zero attached hydrogens (tertiary/aromatic N) is 6. The van der Waals surface area contributed by atoms with Crippen molar-refractivity contribution < 1.29 is 22.4 Å². The fourth-order valence-corrected chi connectivity index (χ4v) is 6.25. The van der Waals surface area contributed by atoms with Crippen molar-refractivity contribution >= 4 is 59.9 Å². The molecule has 247 valence electrons. The molecule has 2 aliphatic heterocycles. The summed E-state index contributed by atoms with van der Waals surface area (Å²) in [4.78, 5) is 8.93. The van der Waals surface area contributed by atoms with Gasteiger partial charge in [-0.3, -0.25) is 20.7 Å². The fourth-order valence-electron chi connectivity index (χ4n) is 4.63. The summed E-state index contributed by atoms with van der Waals surface area (Å²) in [6.07, 6.45) is 5.19. The van der Waals surface area contributed by atoms with Crippen LogP contribution in [0.3, 0.4) is 0 Å². The molecule has 10 nitrogen and oxygen atoms in total. The monoisotopic (exact) mass is 833 g/mol. The molecule has 4 N–H and O–H groups in total. The third-order valence-electron chi connectivity index (χ3n) is 7.65. The molecule has 0 saturated carbocycles. The van der Waals surface area contributed by atoms with E-state index in [1.54, 1.807) is 0 Å². The first-order valence-corrected chi connectivity index (χ1v) is 16.6. The van der Waals surface area contributed by atoms with Crippen molar-refractivity contribution in [2.24, 2.45) is 0 Å². The van der Waals surface area contributed by atoms with Crippen LogP contribution in [-0.2, 0) is 47.6 Å². The van der Waals surface area contributed by atoms with Crippen molar-refractivity contribution in [3.8, 4) is 0 Å². The maximum Gasteiger partial charge on any atom is 0.168 e. The van der Waals surface area contributed by atoms with Crippen LogP contribution in [0.1, 0.15) is 67.2 Å². The Morgan fingerprint density at radius 3 is 1.24 bits per heavy atom. The number of rotatable bonds is 14. The Bertz CT molecular complexity index is 662. The zero-order valence-corrected chi connectivity index (χ0v) is 31.8. The third-order valence-corrected chi connectivity index (χ3v) is 9.21. The first-order chi connectivity index (χ1) is 19.0. The normalized spacial score (nSPS) is 23.5. The van der Waals surface area contributed by atoms with E-state index in [0.29, 0.717) is 12.3 Å². The van der Waals surface area contributed by atoms with E-state index in [4.69, 9.17) is 49.7 Å². The van der Waals surface area contributed by atoms with Gasteiger partial charge in [0.1, 0.15) is 0 Å². The minimum Gasteiger partial charge on any atom is -0.757 e. The minimum absolute atomic E-state index is 0. The molecule has 4 atom stereocenters. The van der Waals surface area contributed by atoms with Gasteiger partial charge in [0.05, 0.1) is 12.3 Å². The van der Waals surface area contributed by atoms with Crippen LogP contribution >= 0.6 is 24.4 Å². The maximum absolute atomic E-state index is 5.39. The van der Waals surface area contributed by atoms with E-state index in [0.717, 1.165) is 88.3 Å². The van der Waals surface area contributed by atoms with Crippen LogP contribution in [0.15, 0.2) is 0 Å². The predicted molar refractivity (Wildman–Crippen MR) is 182 cm³/mol. The summed E-state index contributed by atoms with van der Waals surface area (Å²) in [7, 11) is 4.07. The number of nitrogens with one attached hydrogen (secondary N) is 4. The van der Waals surface area contributed by atoms with Crippen molar-refractivity contribution in [3.63, 3.8) is 0 Å². The van der Waals surface area contributed by atoms with E-state index >= 15 is 0 Å². The number of thiocarbonyl (C=S) groups is 2. The minimum atomic E-state index is 0. The SMILES string of the molecule is CCN(CC)C(=S)NCCCCN1C([S-])NN(C)C1C.CCN(CC)C(=S)NCCCCN1C([S-])NN(C)C1C.[Au]. The van der Waals surface area contributed by atoms with E-state index in [2.05, 4.69) is 92.6 Å². The van der Waals surface area contributed by atoms with Gasteiger partial charge in [0.2, 0.25) is 0 Å². The van der Waals surface area contributed by atoms with Gasteiger partial charge < -0.3 is 45.7 Å². The molecule has 41 heavy (non-hydrogen) atoms. The van der Waals surface area contributed by atoms with Gasteiger partial charge in [-0.2, -0.15) is 0 Å². The first kappa shape index (κ1) is 41.6. The Morgan fingerprint density at radius 2 is 1.00 bits per heavy atom. The van der Waals surface area contributed by atoms with Crippen LogP contribution in [0.25, 0.3) is 0 Å². The Kier molecular flexibility index (Phi) is 23.3. The Morgan fingerprint density at radius 1 is 0.683 bits per heavy atom. The second kappa shape index (κ2) is 23.0. The van der Waals surface area contributed by atoms with Crippen LogP contribution in [0.2, 0.25) is 0 Å². The maximum atomic E-state index is 5.39. The quantitative estimate of drug-likeness (QED) is 0.0892. The third kappa shape index (κ3) is 14.5. The van der Waals surface area contributed by atoms with E-state index in [1.807, 2.05) is 14.1 Å². The fraction of sp³-hybridized carbons (Fsp3) is 0.923. The van der Waals surface area contributed by atoms with E-state index < -0.39 is 0 Å². The van der Waals surface area contributed by atoms with Crippen molar-refractivity contribution in [2.75, 3.05) is 66.5 Å². The smallest absolute Gasteiger partial charge is 0.168 e. The molecule has 0 aromatic heterocycles. The Labute approximate surface area is 288 Å². The largest absolute Gasteiger partial charge is 0.757 e. The van der Waals surface area contributed by atoms with Crippen LogP contribution in [0, 0.1) is 0 Å². The zero-order valence-electron chi connectivity index (χ0n) is 26.4. The second-order valence-corrected chi connectivity index (χ2v) is 11.8. The summed E-state index contributed by atoms with van der Waals surface area (Å²) in [5, 5.41) is 12.5. The Hall–Kier alpha value is 0.580. The zero-order chi connectivity index (χ0) is 30.2. The predicted octanol–water partition coefficient (Wildman–Crippen LogP) is 1.82. The van der Waals surface area contributed by atoms with Crippen LogP contribution in [0.5, 0.6) is 0 Å². The number of hydrogen-bond donors (Lipinski definition) is 4. The van der Waals surface area contributed by atoms with Gasteiger partial charge in [-0.15, -0.1) is 0 Å². The van der Waals surface area contributed by atoms with Crippen molar-refractivity contribution in [1.82, 2.24) is 51.1 Å². The van der Waals surface area contributed by atoms with Gasteiger partial charge in [0, 0.05) is 75.7 Å². The molecule has 2 heterocycles. The number of hydrogen-bond acceptors (Lipinski definition) is 10. The van der Waals surface area contributed by atoms with E-state index in [-0.39, 0.29) is 33.4 Å². The van der Waals surface area contributed by atoms with Gasteiger partial charge in [0.25, 0.3) is 0 Å². The number of unbranched alkanes of at least 4 members (excludes halogenated alkanes) is 2. The van der Waals surface area contributed by atoms with Gasteiger partial charge >= 0.3 is 0 Å².